The number of hydrogen-bond donors (Lipinski definition) is 1. The highest BCUT2D eigenvalue weighted by atomic mass is 16.1. The molecule has 0 bridgehead atoms. The minimum Gasteiger partial charge on any atom is -0.360 e. The molecule has 0 saturated carbocycles. The van der Waals surface area contributed by atoms with Crippen molar-refractivity contribution in [2.24, 2.45) is 0 Å². The van der Waals surface area contributed by atoms with Crippen LogP contribution in [-0.2, 0) is 0 Å². The number of H-pyrrole nitrogens is 1. The lowest BCUT2D eigenvalue weighted by Gasteiger charge is -2.01. The van der Waals surface area contributed by atoms with Gasteiger partial charge in [0.05, 0.1) is 0 Å². The number of carbonyl (C=O) groups is 1. The molecule has 0 fully saturated rings. The number of rotatable bonds is 2. The first-order valence-corrected chi connectivity index (χ1v) is 5.35. The summed E-state index contributed by atoms with van der Waals surface area (Å²) >= 11 is 0. The predicted octanol–water partition coefficient (Wildman–Crippen LogP) is 3.04. The van der Waals surface area contributed by atoms with Crippen molar-refractivity contribution in [3.63, 3.8) is 0 Å². The topological polar surface area (TPSA) is 45.8 Å². The van der Waals surface area contributed by atoms with Crippen LogP contribution in [0.15, 0.2) is 48.9 Å². The van der Waals surface area contributed by atoms with Gasteiger partial charge < -0.3 is 4.98 Å². The Kier molecular flexibility index (Phi) is 2.22. The number of aldehydes is 1. The van der Waals surface area contributed by atoms with Gasteiger partial charge in [-0.25, -0.2) is 0 Å². The highest BCUT2D eigenvalue weighted by molar-refractivity contribution is 5.98. The van der Waals surface area contributed by atoms with Crippen molar-refractivity contribution in [2.45, 2.75) is 0 Å². The van der Waals surface area contributed by atoms with Gasteiger partial charge >= 0.3 is 0 Å². The van der Waals surface area contributed by atoms with E-state index in [1.807, 2.05) is 30.3 Å². The van der Waals surface area contributed by atoms with E-state index in [1.165, 1.54) is 0 Å². The van der Waals surface area contributed by atoms with E-state index < -0.39 is 0 Å². The van der Waals surface area contributed by atoms with E-state index in [0.29, 0.717) is 5.56 Å². The van der Waals surface area contributed by atoms with Gasteiger partial charge in [0.1, 0.15) is 0 Å². The van der Waals surface area contributed by atoms with Gasteiger partial charge in [0.15, 0.2) is 6.29 Å². The van der Waals surface area contributed by atoms with Gasteiger partial charge in [-0.3, -0.25) is 9.78 Å². The molecule has 0 atom stereocenters. The van der Waals surface area contributed by atoms with Crippen molar-refractivity contribution < 1.29 is 4.79 Å². The normalized spacial score (nSPS) is 10.6. The van der Waals surface area contributed by atoms with Crippen LogP contribution in [0.2, 0.25) is 0 Å². The van der Waals surface area contributed by atoms with E-state index in [9.17, 15) is 4.79 Å². The molecule has 3 heteroatoms. The molecule has 3 aromatic rings. The first-order chi connectivity index (χ1) is 8.38. The molecule has 0 saturated heterocycles. The van der Waals surface area contributed by atoms with Gasteiger partial charge in [-0.15, -0.1) is 0 Å². The van der Waals surface area contributed by atoms with E-state index in [-0.39, 0.29) is 0 Å². The second-order valence-electron chi connectivity index (χ2n) is 3.86. The monoisotopic (exact) mass is 222 g/mol. The van der Waals surface area contributed by atoms with Crippen LogP contribution in [0.4, 0.5) is 0 Å². The van der Waals surface area contributed by atoms with Crippen molar-refractivity contribution in [1.29, 1.82) is 0 Å². The van der Waals surface area contributed by atoms with Crippen LogP contribution >= 0.6 is 0 Å². The molecule has 0 unspecified atom stereocenters. The molecule has 0 aliphatic heterocycles. The lowest BCUT2D eigenvalue weighted by Crippen LogP contribution is -1.79. The Balaban J connectivity index is 2.18. The molecule has 2 heterocycles. The summed E-state index contributed by atoms with van der Waals surface area (Å²) in [6.07, 6.45) is 6.13. The van der Waals surface area contributed by atoms with Crippen LogP contribution in [0.3, 0.4) is 0 Å². The fraction of sp³-hybridized carbons (Fsp3) is 0. The Labute approximate surface area is 98.1 Å². The van der Waals surface area contributed by atoms with E-state index in [2.05, 4.69) is 9.97 Å². The van der Waals surface area contributed by atoms with Gasteiger partial charge in [-0.05, 0) is 29.3 Å². The zero-order valence-corrected chi connectivity index (χ0v) is 9.05. The number of nitrogens with zero attached hydrogens (tertiary/aromatic N) is 1. The third-order valence-electron chi connectivity index (χ3n) is 2.85. The fourth-order valence-electron chi connectivity index (χ4n) is 1.97. The molecule has 1 aromatic carbocycles. The lowest BCUT2D eigenvalue weighted by atomic mass is 10.0. The van der Waals surface area contributed by atoms with Crippen molar-refractivity contribution in [2.75, 3.05) is 0 Å². The zero-order chi connectivity index (χ0) is 11.7. The predicted molar refractivity (Wildman–Crippen MR) is 66.9 cm³/mol. The quantitative estimate of drug-likeness (QED) is 0.677. The molecule has 0 spiro atoms. The van der Waals surface area contributed by atoms with Crippen LogP contribution in [0, 0.1) is 0 Å². The summed E-state index contributed by atoms with van der Waals surface area (Å²) in [5, 5.41) is 0.956. The van der Waals surface area contributed by atoms with Crippen molar-refractivity contribution in [3.8, 4) is 11.1 Å². The van der Waals surface area contributed by atoms with Crippen LogP contribution in [0.25, 0.3) is 22.0 Å². The molecule has 2 aromatic heterocycles. The van der Waals surface area contributed by atoms with Crippen molar-refractivity contribution >= 4 is 17.2 Å². The molecule has 0 aliphatic carbocycles. The second-order valence-corrected chi connectivity index (χ2v) is 3.86. The Morgan fingerprint density at radius 1 is 1.06 bits per heavy atom. The lowest BCUT2D eigenvalue weighted by molar-refractivity contribution is 0.112. The number of benzene rings is 1. The zero-order valence-electron chi connectivity index (χ0n) is 9.05. The summed E-state index contributed by atoms with van der Waals surface area (Å²) in [6.45, 7) is 0. The SMILES string of the molecule is O=Cc1c[nH]c2cc(-c3ccncc3)ccc12. The van der Waals surface area contributed by atoms with Crippen molar-refractivity contribution in [1.82, 2.24) is 9.97 Å². The molecule has 0 radical (unpaired) electrons. The molecular formula is C14H10N2O. The molecule has 82 valence electrons. The summed E-state index contributed by atoms with van der Waals surface area (Å²) in [7, 11) is 0. The minimum atomic E-state index is 0.696. The molecular weight excluding hydrogens is 212 g/mol. The number of fused-ring (bicyclic) bond motifs is 1. The highest BCUT2D eigenvalue weighted by Crippen LogP contribution is 2.24. The molecule has 3 rings (SSSR count). The largest absolute Gasteiger partial charge is 0.360 e. The standard InChI is InChI=1S/C14H10N2O/c17-9-12-8-16-14-7-11(1-2-13(12)14)10-3-5-15-6-4-10/h1-9,16H. The van der Waals surface area contributed by atoms with E-state index in [1.54, 1.807) is 18.6 Å². The number of aromatic nitrogens is 2. The van der Waals surface area contributed by atoms with Crippen LogP contribution in [-0.4, -0.2) is 16.3 Å². The average Bonchev–Trinajstić information content (AvgIpc) is 2.81. The summed E-state index contributed by atoms with van der Waals surface area (Å²) < 4.78 is 0. The van der Waals surface area contributed by atoms with Gasteiger partial charge in [0.2, 0.25) is 0 Å². The third kappa shape index (κ3) is 1.61. The number of nitrogens with one attached hydrogen (secondary N) is 1. The van der Waals surface area contributed by atoms with Crippen LogP contribution < -0.4 is 0 Å². The Morgan fingerprint density at radius 3 is 2.65 bits per heavy atom. The Bertz CT molecular complexity index is 671. The minimum absolute atomic E-state index is 0.696. The fourth-order valence-corrected chi connectivity index (χ4v) is 1.97. The first kappa shape index (κ1) is 9.78. The van der Waals surface area contributed by atoms with Gasteiger partial charge in [0, 0.05) is 35.1 Å². The maximum absolute atomic E-state index is 10.8. The second kappa shape index (κ2) is 3.87. The van der Waals surface area contributed by atoms with E-state index in [0.717, 1.165) is 28.3 Å². The average molecular weight is 222 g/mol. The molecule has 3 nitrogen and oxygen atoms in total. The van der Waals surface area contributed by atoms with Crippen LogP contribution in [0.5, 0.6) is 0 Å². The molecule has 0 amide bonds. The van der Waals surface area contributed by atoms with Gasteiger partial charge in [-0.1, -0.05) is 12.1 Å². The van der Waals surface area contributed by atoms with E-state index in [4.69, 9.17) is 0 Å². The van der Waals surface area contributed by atoms with Gasteiger partial charge in [0.25, 0.3) is 0 Å². The van der Waals surface area contributed by atoms with Crippen molar-refractivity contribution in [3.05, 3.63) is 54.5 Å². The first-order valence-electron chi connectivity index (χ1n) is 5.35. The van der Waals surface area contributed by atoms with Gasteiger partial charge in [-0.2, -0.15) is 0 Å². The maximum atomic E-state index is 10.8. The molecule has 0 aliphatic rings. The van der Waals surface area contributed by atoms with E-state index >= 15 is 0 Å². The summed E-state index contributed by atoms with van der Waals surface area (Å²) in [6, 6.07) is 9.94. The van der Waals surface area contributed by atoms with Crippen LogP contribution in [0.1, 0.15) is 10.4 Å². The highest BCUT2D eigenvalue weighted by Gasteiger charge is 2.04. The molecule has 17 heavy (non-hydrogen) atoms. The summed E-state index contributed by atoms with van der Waals surface area (Å²) in [5.41, 5.74) is 3.89. The number of aromatic amines is 1. The summed E-state index contributed by atoms with van der Waals surface area (Å²) in [4.78, 5) is 17.9. The molecule has 1 N–H and O–H groups in total. The third-order valence-corrected chi connectivity index (χ3v) is 2.85. The number of carbonyl (C=O) groups excluding carboxylic acids is 1. The smallest absolute Gasteiger partial charge is 0.152 e. The summed E-state index contributed by atoms with van der Waals surface area (Å²) in [5.74, 6) is 0. The number of pyridine rings is 1. The number of hydrogen-bond acceptors (Lipinski definition) is 2. The Morgan fingerprint density at radius 2 is 1.88 bits per heavy atom. The Hall–Kier alpha value is -2.42. The maximum Gasteiger partial charge on any atom is 0.152 e.